The molecule has 0 aliphatic heterocycles. The van der Waals surface area contributed by atoms with E-state index in [9.17, 15) is 4.79 Å². The summed E-state index contributed by atoms with van der Waals surface area (Å²) in [5.74, 6) is 1.21. The van der Waals surface area contributed by atoms with Crippen LogP contribution in [0.25, 0.3) is 5.65 Å². The number of carbonyl (C=O) groups is 1. The Balaban J connectivity index is 1.70. The van der Waals surface area contributed by atoms with Gasteiger partial charge in [-0.3, -0.25) is 9.20 Å². The molecular formula is C18H18N4O2. The molecule has 1 N–H and O–H groups in total. The van der Waals surface area contributed by atoms with E-state index < -0.39 is 0 Å². The molecule has 0 saturated heterocycles. The van der Waals surface area contributed by atoms with Crippen molar-refractivity contribution in [2.45, 2.75) is 13.0 Å². The first kappa shape index (κ1) is 15.7. The minimum atomic E-state index is -0.272. The Kier molecular flexibility index (Phi) is 4.56. The van der Waals surface area contributed by atoms with Crippen molar-refractivity contribution in [2.24, 2.45) is 0 Å². The summed E-state index contributed by atoms with van der Waals surface area (Å²) in [7, 11) is 0. The molecule has 0 radical (unpaired) electrons. The number of ether oxygens (including phenoxy) is 1. The minimum absolute atomic E-state index is 0.176. The summed E-state index contributed by atoms with van der Waals surface area (Å²) >= 11 is 0. The number of fused-ring (bicyclic) bond motifs is 1. The van der Waals surface area contributed by atoms with E-state index in [0.29, 0.717) is 23.7 Å². The second-order valence-corrected chi connectivity index (χ2v) is 5.31. The Labute approximate surface area is 139 Å². The van der Waals surface area contributed by atoms with Gasteiger partial charge in [0.05, 0.1) is 6.04 Å². The Hall–Kier alpha value is -3.15. The van der Waals surface area contributed by atoms with Gasteiger partial charge in [-0.05, 0) is 43.3 Å². The molecule has 1 atom stereocenters. The zero-order valence-electron chi connectivity index (χ0n) is 13.3. The molecule has 0 saturated carbocycles. The van der Waals surface area contributed by atoms with Crippen molar-refractivity contribution in [1.29, 1.82) is 0 Å². The SMILES string of the molecule is C=CCOc1ccc(C(=O)NC(C)c2nnc3ccccn23)cc1. The van der Waals surface area contributed by atoms with Crippen LogP contribution in [-0.4, -0.2) is 27.1 Å². The number of pyridine rings is 1. The molecule has 6 nitrogen and oxygen atoms in total. The first-order chi connectivity index (χ1) is 11.7. The van der Waals surface area contributed by atoms with Crippen molar-refractivity contribution < 1.29 is 9.53 Å². The average Bonchev–Trinajstić information content (AvgIpc) is 3.04. The molecule has 0 spiro atoms. The van der Waals surface area contributed by atoms with Gasteiger partial charge in [-0.25, -0.2) is 0 Å². The third kappa shape index (κ3) is 3.27. The largest absolute Gasteiger partial charge is 0.490 e. The summed E-state index contributed by atoms with van der Waals surface area (Å²) in [6, 6.07) is 12.4. The molecule has 6 heteroatoms. The normalized spacial score (nSPS) is 11.9. The van der Waals surface area contributed by atoms with Crippen LogP contribution in [0.2, 0.25) is 0 Å². The molecule has 1 aromatic carbocycles. The van der Waals surface area contributed by atoms with Crippen LogP contribution in [0.3, 0.4) is 0 Å². The molecule has 122 valence electrons. The van der Waals surface area contributed by atoms with Crippen LogP contribution in [-0.2, 0) is 0 Å². The Morgan fingerprint density at radius 3 is 2.83 bits per heavy atom. The minimum Gasteiger partial charge on any atom is -0.490 e. The Morgan fingerprint density at radius 1 is 1.29 bits per heavy atom. The van der Waals surface area contributed by atoms with Crippen molar-refractivity contribution in [3.05, 3.63) is 72.7 Å². The lowest BCUT2D eigenvalue weighted by Gasteiger charge is -2.12. The summed E-state index contributed by atoms with van der Waals surface area (Å²) in [4.78, 5) is 12.4. The predicted molar refractivity (Wildman–Crippen MR) is 91.0 cm³/mol. The molecule has 0 aliphatic carbocycles. The van der Waals surface area contributed by atoms with E-state index >= 15 is 0 Å². The van der Waals surface area contributed by atoms with Gasteiger partial charge in [0.1, 0.15) is 12.4 Å². The molecule has 1 unspecified atom stereocenters. The molecule has 0 bridgehead atoms. The summed E-state index contributed by atoms with van der Waals surface area (Å²) < 4.78 is 7.27. The third-order valence-electron chi connectivity index (χ3n) is 3.56. The maximum absolute atomic E-state index is 12.4. The quantitative estimate of drug-likeness (QED) is 0.709. The lowest BCUT2D eigenvalue weighted by atomic mass is 10.2. The molecule has 3 aromatic rings. The monoisotopic (exact) mass is 322 g/mol. The zero-order chi connectivity index (χ0) is 16.9. The van der Waals surface area contributed by atoms with E-state index in [1.165, 1.54) is 0 Å². The third-order valence-corrected chi connectivity index (χ3v) is 3.56. The number of carbonyl (C=O) groups excluding carboxylic acids is 1. The van der Waals surface area contributed by atoms with Gasteiger partial charge in [-0.1, -0.05) is 18.7 Å². The number of nitrogens with zero attached hydrogens (tertiary/aromatic N) is 3. The lowest BCUT2D eigenvalue weighted by Crippen LogP contribution is -2.27. The fraction of sp³-hybridized carbons (Fsp3) is 0.167. The van der Waals surface area contributed by atoms with Crippen LogP contribution in [0.1, 0.15) is 29.1 Å². The summed E-state index contributed by atoms with van der Waals surface area (Å²) in [5.41, 5.74) is 1.30. The van der Waals surface area contributed by atoms with Gasteiger partial charge in [-0.2, -0.15) is 0 Å². The molecule has 0 fully saturated rings. The molecule has 24 heavy (non-hydrogen) atoms. The van der Waals surface area contributed by atoms with Crippen molar-refractivity contribution in [3.8, 4) is 5.75 Å². The van der Waals surface area contributed by atoms with E-state index in [4.69, 9.17) is 4.74 Å². The Bertz CT molecular complexity index is 855. The molecule has 1 amide bonds. The number of benzene rings is 1. The van der Waals surface area contributed by atoms with E-state index in [1.807, 2.05) is 35.7 Å². The summed E-state index contributed by atoms with van der Waals surface area (Å²) in [6.07, 6.45) is 3.55. The fourth-order valence-corrected chi connectivity index (χ4v) is 2.36. The van der Waals surface area contributed by atoms with Crippen molar-refractivity contribution >= 4 is 11.6 Å². The smallest absolute Gasteiger partial charge is 0.251 e. The van der Waals surface area contributed by atoms with Crippen LogP contribution in [0.5, 0.6) is 5.75 Å². The van der Waals surface area contributed by atoms with E-state index in [-0.39, 0.29) is 11.9 Å². The highest BCUT2D eigenvalue weighted by atomic mass is 16.5. The fourth-order valence-electron chi connectivity index (χ4n) is 2.36. The second-order valence-electron chi connectivity index (χ2n) is 5.31. The van der Waals surface area contributed by atoms with Gasteiger partial charge in [0.25, 0.3) is 5.91 Å². The average molecular weight is 322 g/mol. The van der Waals surface area contributed by atoms with Gasteiger partial charge in [0.15, 0.2) is 11.5 Å². The van der Waals surface area contributed by atoms with Crippen LogP contribution < -0.4 is 10.1 Å². The molecule has 2 heterocycles. The topological polar surface area (TPSA) is 68.5 Å². The van der Waals surface area contributed by atoms with Crippen LogP contribution in [0.15, 0.2) is 61.3 Å². The molecular weight excluding hydrogens is 304 g/mol. The van der Waals surface area contributed by atoms with Gasteiger partial charge < -0.3 is 10.1 Å². The first-order valence-electron chi connectivity index (χ1n) is 7.63. The van der Waals surface area contributed by atoms with Gasteiger partial charge >= 0.3 is 0 Å². The number of amides is 1. The van der Waals surface area contributed by atoms with Crippen molar-refractivity contribution in [2.75, 3.05) is 6.61 Å². The van der Waals surface area contributed by atoms with Crippen molar-refractivity contribution in [3.63, 3.8) is 0 Å². The maximum Gasteiger partial charge on any atom is 0.251 e. The predicted octanol–water partition coefficient (Wildman–Crippen LogP) is 2.79. The highest BCUT2D eigenvalue weighted by Crippen LogP contribution is 2.15. The summed E-state index contributed by atoms with van der Waals surface area (Å²) in [6.45, 7) is 5.91. The maximum atomic E-state index is 12.4. The highest BCUT2D eigenvalue weighted by molar-refractivity contribution is 5.94. The number of hydrogen-bond acceptors (Lipinski definition) is 4. The standard InChI is InChI=1S/C18H18N4O2/c1-3-12-24-15-9-7-14(8-10-15)18(23)19-13(2)17-21-20-16-6-4-5-11-22(16)17/h3-11,13H,1,12H2,2H3,(H,19,23). The van der Waals surface area contributed by atoms with Crippen LogP contribution in [0.4, 0.5) is 0 Å². The molecule has 0 aliphatic rings. The summed E-state index contributed by atoms with van der Waals surface area (Å²) in [5, 5.41) is 11.2. The number of aromatic nitrogens is 3. The van der Waals surface area contributed by atoms with Crippen LogP contribution in [0, 0.1) is 0 Å². The van der Waals surface area contributed by atoms with Gasteiger partial charge in [0, 0.05) is 11.8 Å². The second kappa shape index (κ2) is 6.95. The number of hydrogen-bond donors (Lipinski definition) is 1. The molecule has 3 rings (SSSR count). The lowest BCUT2D eigenvalue weighted by molar-refractivity contribution is 0.0938. The van der Waals surface area contributed by atoms with Gasteiger partial charge in [0.2, 0.25) is 0 Å². The highest BCUT2D eigenvalue weighted by Gasteiger charge is 2.16. The van der Waals surface area contributed by atoms with E-state index in [1.54, 1.807) is 30.3 Å². The number of nitrogens with one attached hydrogen (secondary N) is 1. The molecule has 2 aromatic heterocycles. The van der Waals surface area contributed by atoms with Gasteiger partial charge in [-0.15, -0.1) is 10.2 Å². The van der Waals surface area contributed by atoms with Crippen LogP contribution >= 0.6 is 0 Å². The first-order valence-corrected chi connectivity index (χ1v) is 7.63. The van der Waals surface area contributed by atoms with E-state index in [0.717, 1.165) is 5.65 Å². The zero-order valence-corrected chi connectivity index (χ0v) is 13.3. The van der Waals surface area contributed by atoms with E-state index in [2.05, 4.69) is 22.1 Å². The Morgan fingerprint density at radius 2 is 2.08 bits per heavy atom. The van der Waals surface area contributed by atoms with Crippen molar-refractivity contribution in [1.82, 2.24) is 19.9 Å². The number of rotatable bonds is 6.